The summed E-state index contributed by atoms with van der Waals surface area (Å²) in [7, 11) is -1.13. The van der Waals surface area contributed by atoms with Crippen LogP contribution >= 0.6 is 0 Å². The molecule has 0 radical (unpaired) electrons. The Labute approximate surface area is 98.1 Å². The first kappa shape index (κ1) is 13.9. The van der Waals surface area contributed by atoms with Crippen LogP contribution in [0, 0.1) is 0 Å². The summed E-state index contributed by atoms with van der Waals surface area (Å²) >= 11 is 0. The first-order valence-electron chi connectivity index (χ1n) is 5.80. The lowest BCUT2D eigenvalue weighted by atomic mass is 10.1. The van der Waals surface area contributed by atoms with Gasteiger partial charge in [0.05, 0.1) is 5.75 Å². The molecule has 1 atom stereocenters. The van der Waals surface area contributed by atoms with Crippen molar-refractivity contribution < 1.29 is 13.5 Å². The van der Waals surface area contributed by atoms with Gasteiger partial charge < -0.3 is 10.0 Å². The predicted octanol–water partition coefficient (Wildman–Crippen LogP) is -0.275. The van der Waals surface area contributed by atoms with Gasteiger partial charge in [0.25, 0.3) is 0 Å². The van der Waals surface area contributed by atoms with E-state index in [-0.39, 0.29) is 12.4 Å². The molecule has 1 saturated heterocycles. The number of piperazine rings is 1. The van der Waals surface area contributed by atoms with E-state index in [0.29, 0.717) is 25.6 Å². The molecule has 1 N–H and O–H groups in total. The van der Waals surface area contributed by atoms with Crippen LogP contribution in [0.2, 0.25) is 0 Å². The van der Waals surface area contributed by atoms with Gasteiger partial charge in [-0.25, -0.2) is 8.42 Å². The summed E-state index contributed by atoms with van der Waals surface area (Å²) in [5.41, 5.74) is 0. The van der Waals surface area contributed by atoms with Gasteiger partial charge in [-0.15, -0.1) is 0 Å². The normalized spacial score (nSPS) is 24.8. The average Bonchev–Trinajstić information content (AvgIpc) is 2.27. The molecule has 96 valence electrons. The highest BCUT2D eigenvalue weighted by Crippen LogP contribution is 2.14. The molecule has 0 saturated carbocycles. The van der Waals surface area contributed by atoms with Crippen molar-refractivity contribution in [1.82, 2.24) is 9.21 Å². The van der Waals surface area contributed by atoms with Gasteiger partial charge in [0, 0.05) is 32.3 Å². The summed E-state index contributed by atoms with van der Waals surface area (Å²) in [6.07, 6.45) is 1.29. The first-order valence-corrected chi connectivity index (χ1v) is 7.41. The van der Waals surface area contributed by atoms with Crippen LogP contribution in [0.4, 0.5) is 0 Å². The maximum atomic E-state index is 11.9. The Kier molecular flexibility index (Phi) is 5.17. The quantitative estimate of drug-likeness (QED) is 0.729. The molecule has 1 unspecified atom stereocenters. The maximum absolute atomic E-state index is 11.9. The minimum atomic E-state index is -3.17. The topological polar surface area (TPSA) is 60.9 Å². The van der Waals surface area contributed by atoms with Crippen LogP contribution in [0.15, 0.2) is 0 Å². The molecular weight excluding hydrogens is 228 g/mol. The van der Waals surface area contributed by atoms with E-state index in [1.165, 1.54) is 0 Å². The van der Waals surface area contributed by atoms with E-state index < -0.39 is 10.0 Å². The van der Waals surface area contributed by atoms with E-state index in [1.807, 2.05) is 7.05 Å². The number of rotatable bonds is 5. The summed E-state index contributed by atoms with van der Waals surface area (Å²) in [5, 5.41) is 8.68. The molecule has 1 aliphatic heterocycles. The Balaban J connectivity index is 2.60. The van der Waals surface area contributed by atoms with Gasteiger partial charge >= 0.3 is 0 Å². The molecule has 0 spiro atoms. The highest BCUT2D eigenvalue weighted by Gasteiger charge is 2.30. The van der Waals surface area contributed by atoms with Gasteiger partial charge in [-0.2, -0.15) is 4.31 Å². The summed E-state index contributed by atoms with van der Waals surface area (Å²) in [6, 6.07) is 0.317. The summed E-state index contributed by atoms with van der Waals surface area (Å²) in [5.74, 6) is 0.0592. The molecule has 0 aromatic rings. The van der Waals surface area contributed by atoms with Gasteiger partial charge in [-0.05, 0) is 19.9 Å². The van der Waals surface area contributed by atoms with Gasteiger partial charge in [-0.1, -0.05) is 6.92 Å². The number of hydrogen-bond acceptors (Lipinski definition) is 4. The molecule has 1 rings (SSSR count). The monoisotopic (exact) mass is 250 g/mol. The number of aliphatic hydroxyl groups is 1. The Bertz CT molecular complexity index is 305. The third kappa shape index (κ3) is 3.41. The number of sulfonamides is 1. The third-order valence-corrected chi connectivity index (χ3v) is 5.09. The zero-order valence-corrected chi connectivity index (χ0v) is 10.9. The highest BCUT2D eigenvalue weighted by molar-refractivity contribution is 7.89. The Morgan fingerprint density at radius 3 is 2.62 bits per heavy atom. The molecule has 1 fully saturated rings. The lowest BCUT2D eigenvalue weighted by molar-refractivity contribution is 0.144. The minimum Gasteiger partial charge on any atom is -0.396 e. The standard InChI is InChI=1S/C10H22N2O3S/c1-3-10-9-12(6-5-11(10)2)16(14,15)8-4-7-13/h10,13H,3-9H2,1-2H3. The fourth-order valence-corrected chi connectivity index (χ4v) is 3.50. The summed E-state index contributed by atoms with van der Waals surface area (Å²) in [6.45, 7) is 3.95. The van der Waals surface area contributed by atoms with Gasteiger partial charge in [0.15, 0.2) is 0 Å². The van der Waals surface area contributed by atoms with E-state index in [1.54, 1.807) is 4.31 Å². The fraction of sp³-hybridized carbons (Fsp3) is 1.00. The fourth-order valence-electron chi connectivity index (χ4n) is 1.99. The molecular formula is C10H22N2O3S. The van der Waals surface area contributed by atoms with E-state index in [2.05, 4.69) is 11.8 Å². The number of aliphatic hydroxyl groups excluding tert-OH is 1. The van der Waals surface area contributed by atoms with E-state index in [9.17, 15) is 8.42 Å². The second-order valence-corrected chi connectivity index (χ2v) is 6.38. The molecule has 0 aromatic carbocycles. The maximum Gasteiger partial charge on any atom is 0.214 e. The molecule has 0 amide bonds. The van der Waals surface area contributed by atoms with Gasteiger partial charge in [0.2, 0.25) is 10.0 Å². The molecule has 0 aromatic heterocycles. The van der Waals surface area contributed by atoms with Crippen LogP contribution < -0.4 is 0 Å². The largest absolute Gasteiger partial charge is 0.396 e. The van der Waals surface area contributed by atoms with Crippen LogP contribution in [0.1, 0.15) is 19.8 Å². The van der Waals surface area contributed by atoms with Crippen molar-refractivity contribution >= 4 is 10.0 Å². The van der Waals surface area contributed by atoms with E-state index >= 15 is 0 Å². The van der Waals surface area contributed by atoms with E-state index in [0.717, 1.165) is 13.0 Å². The van der Waals surface area contributed by atoms with Gasteiger partial charge in [0.1, 0.15) is 0 Å². The second-order valence-electron chi connectivity index (χ2n) is 4.29. The lowest BCUT2D eigenvalue weighted by Gasteiger charge is -2.38. The zero-order valence-electron chi connectivity index (χ0n) is 10.1. The van der Waals surface area contributed by atoms with Crippen molar-refractivity contribution in [3.63, 3.8) is 0 Å². The Hall–Kier alpha value is -0.170. The van der Waals surface area contributed by atoms with Crippen molar-refractivity contribution in [3.8, 4) is 0 Å². The Morgan fingerprint density at radius 2 is 2.06 bits per heavy atom. The van der Waals surface area contributed by atoms with Crippen LogP contribution in [0.3, 0.4) is 0 Å². The number of hydrogen-bond donors (Lipinski definition) is 1. The van der Waals surface area contributed by atoms with Crippen molar-refractivity contribution in [1.29, 1.82) is 0 Å². The first-order chi connectivity index (χ1) is 7.51. The molecule has 1 heterocycles. The lowest BCUT2D eigenvalue weighted by Crippen LogP contribution is -2.53. The predicted molar refractivity (Wildman–Crippen MR) is 63.8 cm³/mol. The second kappa shape index (κ2) is 5.95. The SMILES string of the molecule is CCC1CN(S(=O)(=O)CCCO)CCN1C. The number of nitrogens with zero attached hydrogens (tertiary/aromatic N) is 2. The van der Waals surface area contributed by atoms with Crippen molar-refractivity contribution in [2.45, 2.75) is 25.8 Å². The molecule has 0 aliphatic carbocycles. The molecule has 6 heteroatoms. The van der Waals surface area contributed by atoms with Crippen LogP contribution in [0.5, 0.6) is 0 Å². The smallest absolute Gasteiger partial charge is 0.214 e. The van der Waals surface area contributed by atoms with Crippen LogP contribution in [-0.2, 0) is 10.0 Å². The molecule has 0 bridgehead atoms. The minimum absolute atomic E-state index is 0.0592. The highest BCUT2D eigenvalue weighted by atomic mass is 32.2. The van der Waals surface area contributed by atoms with E-state index in [4.69, 9.17) is 5.11 Å². The molecule has 5 nitrogen and oxygen atoms in total. The molecule has 16 heavy (non-hydrogen) atoms. The van der Waals surface area contributed by atoms with Crippen LogP contribution in [0.25, 0.3) is 0 Å². The summed E-state index contributed by atoms with van der Waals surface area (Å²) in [4.78, 5) is 2.21. The zero-order chi connectivity index (χ0) is 12.2. The third-order valence-electron chi connectivity index (χ3n) is 3.16. The van der Waals surface area contributed by atoms with Crippen molar-refractivity contribution in [2.75, 3.05) is 39.0 Å². The van der Waals surface area contributed by atoms with Crippen molar-refractivity contribution in [3.05, 3.63) is 0 Å². The van der Waals surface area contributed by atoms with Crippen molar-refractivity contribution in [2.24, 2.45) is 0 Å². The average molecular weight is 250 g/mol. The number of likely N-dealkylation sites (N-methyl/N-ethyl adjacent to an activating group) is 1. The molecule has 1 aliphatic rings. The van der Waals surface area contributed by atoms with Crippen LogP contribution in [-0.4, -0.2) is 67.8 Å². The summed E-state index contributed by atoms with van der Waals surface area (Å²) < 4.78 is 25.4. The Morgan fingerprint density at radius 1 is 1.38 bits per heavy atom. The van der Waals surface area contributed by atoms with Gasteiger partial charge in [-0.3, -0.25) is 0 Å².